The third-order valence-electron chi connectivity index (χ3n) is 2.74. The minimum absolute atomic E-state index is 0.622. The van der Waals surface area contributed by atoms with Crippen LogP contribution in [0.4, 0.5) is 4.39 Å². The first-order chi connectivity index (χ1) is 8.27. The number of allylic oxidation sites excluding steroid dienone is 1. The van der Waals surface area contributed by atoms with Crippen LogP contribution >= 0.6 is 0 Å². The molecule has 0 rings (SSSR count). The first kappa shape index (κ1) is 16.6. The number of hydrogen-bond acceptors (Lipinski definition) is 2. The zero-order valence-corrected chi connectivity index (χ0v) is 12.3. The standard InChI is InChI=1S/C14H24FN3/c1-8-9-18(7)13(17-6)12(16-5)10-11(2)14(3,4)15/h8,10H,1,9H2,2-7H3/b11-10+,16-12?,17-13?. The van der Waals surface area contributed by atoms with Crippen molar-refractivity contribution in [3.8, 4) is 0 Å². The molecule has 0 aliphatic carbocycles. The molecule has 0 aromatic rings. The van der Waals surface area contributed by atoms with Gasteiger partial charge in [-0.3, -0.25) is 9.98 Å². The van der Waals surface area contributed by atoms with Crippen LogP contribution in [0.3, 0.4) is 0 Å². The number of halogens is 1. The highest BCUT2D eigenvalue weighted by atomic mass is 19.1. The summed E-state index contributed by atoms with van der Waals surface area (Å²) < 4.78 is 13.8. The Morgan fingerprint density at radius 1 is 1.33 bits per heavy atom. The van der Waals surface area contributed by atoms with Crippen molar-refractivity contribution in [2.45, 2.75) is 26.4 Å². The van der Waals surface area contributed by atoms with Crippen LogP contribution in [0.5, 0.6) is 0 Å². The molecule has 4 heteroatoms. The van der Waals surface area contributed by atoms with Crippen molar-refractivity contribution >= 4 is 11.5 Å². The maximum Gasteiger partial charge on any atom is 0.149 e. The Bertz CT molecular complexity index is 373. The van der Waals surface area contributed by atoms with Crippen molar-refractivity contribution in [3.05, 3.63) is 24.3 Å². The second-order valence-electron chi connectivity index (χ2n) is 4.63. The summed E-state index contributed by atoms with van der Waals surface area (Å²) >= 11 is 0. The predicted molar refractivity (Wildman–Crippen MR) is 78.5 cm³/mol. The summed E-state index contributed by atoms with van der Waals surface area (Å²) in [5, 5.41) is 0. The van der Waals surface area contributed by atoms with Gasteiger partial charge in [0.1, 0.15) is 11.5 Å². The smallest absolute Gasteiger partial charge is 0.149 e. The number of alkyl halides is 1. The maximum atomic E-state index is 13.8. The van der Waals surface area contributed by atoms with E-state index >= 15 is 0 Å². The molecule has 0 saturated carbocycles. The van der Waals surface area contributed by atoms with Gasteiger partial charge in [0.15, 0.2) is 0 Å². The lowest BCUT2D eigenvalue weighted by Gasteiger charge is -2.21. The molecule has 3 nitrogen and oxygen atoms in total. The Labute approximate surface area is 110 Å². The third-order valence-corrected chi connectivity index (χ3v) is 2.74. The van der Waals surface area contributed by atoms with Crippen LogP contribution in [0.15, 0.2) is 34.3 Å². The van der Waals surface area contributed by atoms with Gasteiger partial charge in [-0.1, -0.05) is 6.08 Å². The zero-order valence-electron chi connectivity index (χ0n) is 12.3. The Kier molecular flexibility index (Phi) is 6.52. The molecule has 18 heavy (non-hydrogen) atoms. The van der Waals surface area contributed by atoms with E-state index in [0.717, 1.165) is 5.84 Å². The van der Waals surface area contributed by atoms with E-state index < -0.39 is 5.67 Å². The van der Waals surface area contributed by atoms with Crippen molar-refractivity contribution in [2.75, 3.05) is 27.7 Å². The van der Waals surface area contributed by atoms with Crippen LogP contribution in [-0.2, 0) is 0 Å². The molecule has 0 unspecified atom stereocenters. The SMILES string of the molecule is C=CCN(C)C(=NC)C(/C=C(\C)C(C)(C)F)=NC. The molecule has 0 heterocycles. The first-order valence-corrected chi connectivity index (χ1v) is 5.91. The lowest BCUT2D eigenvalue weighted by atomic mass is 10.00. The lowest BCUT2D eigenvalue weighted by Crippen LogP contribution is -2.33. The number of amidine groups is 1. The molecule has 0 aliphatic heterocycles. The predicted octanol–water partition coefficient (Wildman–Crippen LogP) is 2.90. The van der Waals surface area contributed by atoms with Gasteiger partial charge in [0.05, 0.1) is 5.71 Å². The van der Waals surface area contributed by atoms with E-state index in [1.165, 1.54) is 13.8 Å². The van der Waals surface area contributed by atoms with E-state index in [1.54, 1.807) is 33.2 Å². The lowest BCUT2D eigenvalue weighted by molar-refractivity contribution is 0.268. The Hall–Kier alpha value is -1.45. The molecule has 0 saturated heterocycles. The fraction of sp³-hybridized carbons (Fsp3) is 0.571. The molecule has 0 radical (unpaired) electrons. The van der Waals surface area contributed by atoms with Crippen LogP contribution < -0.4 is 0 Å². The van der Waals surface area contributed by atoms with E-state index in [4.69, 9.17) is 0 Å². The highest BCUT2D eigenvalue weighted by Crippen LogP contribution is 2.19. The molecule has 0 fully saturated rings. The molecule has 0 spiro atoms. The van der Waals surface area contributed by atoms with Gasteiger partial charge in [-0.15, -0.1) is 6.58 Å². The number of rotatable bonds is 5. The molecule has 0 aliphatic rings. The summed E-state index contributed by atoms with van der Waals surface area (Å²) in [6.07, 6.45) is 3.52. The van der Waals surface area contributed by atoms with Crippen molar-refractivity contribution in [3.63, 3.8) is 0 Å². The molecule has 0 amide bonds. The second kappa shape index (κ2) is 7.09. The molecule has 0 aromatic heterocycles. The summed E-state index contributed by atoms with van der Waals surface area (Å²) in [5.74, 6) is 0.723. The minimum Gasteiger partial charge on any atom is -0.354 e. The van der Waals surface area contributed by atoms with Crippen molar-refractivity contribution in [2.24, 2.45) is 9.98 Å². The van der Waals surface area contributed by atoms with Gasteiger partial charge in [0, 0.05) is 27.7 Å². The third kappa shape index (κ3) is 4.82. The first-order valence-electron chi connectivity index (χ1n) is 5.91. The van der Waals surface area contributed by atoms with Crippen molar-refractivity contribution in [1.82, 2.24) is 4.90 Å². The van der Waals surface area contributed by atoms with Gasteiger partial charge in [-0.25, -0.2) is 4.39 Å². The Balaban J connectivity index is 5.28. The van der Waals surface area contributed by atoms with Crippen LogP contribution in [-0.4, -0.2) is 49.8 Å². The van der Waals surface area contributed by atoms with E-state index in [0.29, 0.717) is 17.8 Å². The van der Waals surface area contributed by atoms with Gasteiger partial charge in [-0.2, -0.15) is 0 Å². The zero-order chi connectivity index (χ0) is 14.3. The molecule has 0 N–H and O–H groups in total. The minimum atomic E-state index is -1.36. The molecular weight excluding hydrogens is 229 g/mol. The molecule has 0 atom stereocenters. The van der Waals surface area contributed by atoms with E-state index in [1.807, 2.05) is 11.9 Å². The topological polar surface area (TPSA) is 28.0 Å². The number of likely N-dealkylation sites (N-methyl/N-ethyl adjacent to an activating group) is 1. The van der Waals surface area contributed by atoms with E-state index in [9.17, 15) is 4.39 Å². The highest BCUT2D eigenvalue weighted by Gasteiger charge is 2.20. The van der Waals surface area contributed by atoms with Crippen molar-refractivity contribution < 1.29 is 4.39 Å². The van der Waals surface area contributed by atoms with E-state index in [2.05, 4.69) is 16.6 Å². The van der Waals surface area contributed by atoms with E-state index in [-0.39, 0.29) is 0 Å². The summed E-state index contributed by atoms with van der Waals surface area (Å²) in [5.41, 5.74) is -0.0625. The molecule has 0 aromatic carbocycles. The number of nitrogens with zero attached hydrogens (tertiary/aromatic N) is 3. The van der Waals surface area contributed by atoms with Gasteiger partial charge in [-0.05, 0) is 32.4 Å². The normalized spacial score (nSPS) is 14.7. The van der Waals surface area contributed by atoms with Gasteiger partial charge in [0.25, 0.3) is 0 Å². The summed E-state index contributed by atoms with van der Waals surface area (Å²) in [7, 11) is 5.28. The van der Waals surface area contributed by atoms with Crippen LogP contribution in [0, 0.1) is 0 Å². The summed E-state index contributed by atoms with van der Waals surface area (Å²) in [6.45, 7) is 9.17. The number of hydrogen-bond donors (Lipinski definition) is 0. The summed E-state index contributed by atoms with van der Waals surface area (Å²) in [6, 6.07) is 0. The van der Waals surface area contributed by atoms with Crippen molar-refractivity contribution in [1.29, 1.82) is 0 Å². The number of aliphatic imine (C=N–C) groups is 2. The van der Waals surface area contributed by atoms with Gasteiger partial charge < -0.3 is 4.90 Å². The maximum absolute atomic E-state index is 13.8. The average molecular weight is 253 g/mol. The molecule has 0 bridgehead atoms. The van der Waals surface area contributed by atoms with Gasteiger partial charge in [0.2, 0.25) is 0 Å². The Morgan fingerprint density at radius 3 is 2.22 bits per heavy atom. The average Bonchev–Trinajstić information content (AvgIpc) is 2.27. The molecule has 102 valence electrons. The monoisotopic (exact) mass is 253 g/mol. The van der Waals surface area contributed by atoms with Crippen LogP contribution in [0.2, 0.25) is 0 Å². The quantitative estimate of drug-likeness (QED) is 0.420. The second-order valence-corrected chi connectivity index (χ2v) is 4.63. The highest BCUT2D eigenvalue weighted by molar-refractivity contribution is 6.45. The largest absolute Gasteiger partial charge is 0.354 e. The van der Waals surface area contributed by atoms with Crippen LogP contribution in [0.25, 0.3) is 0 Å². The summed E-state index contributed by atoms with van der Waals surface area (Å²) in [4.78, 5) is 10.3. The van der Waals surface area contributed by atoms with Crippen LogP contribution in [0.1, 0.15) is 20.8 Å². The Morgan fingerprint density at radius 2 is 1.89 bits per heavy atom. The molecular formula is C14H24FN3. The fourth-order valence-electron chi connectivity index (χ4n) is 1.37. The van der Waals surface area contributed by atoms with Gasteiger partial charge >= 0.3 is 0 Å². The fourth-order valence-corrected chi connectivity index (χ4v) is 1.37.